The molecular weight excluding hydrogens is 913 g/mol. The number of aliphatic carboxylic acids is 2. The highest BCUT2D eigenvalue weighted by molar-refractivity contribution is 5.70. The van der Waals surface area contributed by atoms with Gasteiger partial charge in [0.15, 0.2) is 0 Å². The number of carboxylic acid groups (broad SMARTS) is 2. The topological polar surface area (TPSA) is 283 Å². The maximum absolute atomic E-state index is 12.5. The summed E-state index contributed by atoms with van der Waals surface area (Å²) in [5.74, 6) is 0.645. The number of nitro benzene ring substituents is 2. The first-order chi connectivity index (χ1) is 33.3. The van der Waals surface area contributed by atoms with Gasteiger partial charge in [-0.25, -0.2) is 0 Å². The number of hydrogen-bond donors (Lipinski definition) is 7. The molecule has 0 heterocycles. The highest BCUT2D eigenvalue weighted by Crippen LogP contribution is 2.74. The first-order valence-corrected chi connectivity index (χ1v) is 26.7. The molecule has 0 radical (unpaired) electrons. The van der Waals surface area contributed by atoms with E-state index in [1.807, 2.05) is 0 Å². The van der Waals surface area contributed by atoms with Gasteiger partial charge in [-0.15, -0.1) is 0 Å². The minimum atomic E-state index is -1.22. The Labute approximate surface area is 417 Å². The van der Waals surface area contributed by atoms with Gasteiger partial charge in [0.1, 0.15) is 12.0 Å². The van der Waals surface area contributed by atoms with Crippen molar-refractivity contribution < 1.29 is 54.9 Å². The molecule has 0 aliphatic heterocycles. The molecule has 6 unspecified atom stereocenters. The molecule has 8 saturated carbocycles. The van der Waals surface area contributed by atoms with Gasteiger partial charge in [0.05, 0.1) is 39.3 Å². The summed E-state index contributed by atoms with van der Waals surface area (Å²) in [7, 11) is 0. The van der Waals surface area contributed by atoms with Gasteiger partial charge in [0, 0.05) is 60.6 Å². The number of rotatable bonds is 14. The minimum absolute atomic E-state index is 0.0106. The zero-order chi connectivity index (χ0) is 51.8. The van der Waals surface area contributed by atoms with Gasteiger partial charge in [0.25, 0.3) is 5.69 Å². The molecule has 9 rings (SSSR count). The monoisotopic (exact) mass is 993 g/mol. The Balaban J connectivity index is 0.000000204. The number of non-ortho nitro benzene ring substituents is 1. The SMILES string of the molecule is C[C@H](CCC(=O)O)[C@H]1CCC2C3C(CC[C@@]21C)[C@@]1(C)CC[C@H](O)C[C@@]1(O)[C@@H]3/C=N/Nc1ccc([N+](=O)[O-])cc1[N+](=O)[O-].C[C@H](CCC(=O)O)[C@H]1CCC2C3C(CC[C@@]21C)[C@@]1(C)CC[C@H](O)C[C@@]1(O)[C@@H]3C=O. The largest absolute Gasteiger partial charge is 0.481 e. The molecule has 0 aromatic heterocycles. The summed E-state index contributed by atoms with van der Waals surface area (Å²) in [5.41, 5.74) is -1.09. The summed E-state index contributed by atoms with van der Waals surface area (Å²) in [6.45, 7) is 13.4. The van der Waals surface area contributed by atoms with Crippen molar-refractivity contribution in [3.63, 3.8) is 0 Å². The van der Waals surface area contributed by atoms with E-state index < -0.39 is 73.8 Å². The van der Waals surface area contributed by atoms with Crippen LogP contribution in [-0.4, -0.2) is 88.3 Å². The summed E-state index contributed by atoms with van der Waals surface area (Å²) in [5, 5.41) is 90.9. The molecule has 0 saturated heterocycles. The van der Waals surface area contributed by atoms with Gasteiger partial charge in [-0.1, -0.05) is 41.5 Å². The van der Waals surface area contributed by atoms with Crippen molar-refractivity contribution in [3.8, 4) is 0 Å². The van der Waals surface area contributed by atoms with Crippen molar-refractivity contribution >= 4 is 41.5 Å². The lowest BCUT2D eigenvalue weighted by Crippen LogP contribution is -2.54. The number of anilines is 1. The fourth-order valence-electron chi connectivity index (χ4n) is 18.9. The van der Waals surface area contributed by atoms with Crippen LogP contribution >= 0.6 is 0 Å². The zero-order valence-electron chi connectivity index (χ0n) is 42.6. The Kier molecular flexibility index (Phi) is 14.5. The van der Waals surface area contributed by atoms with Crippen LogP contribution in [-0.2, 0) is 14.4 Å². The molecule has 8 aliphatic carbocycles. The molecule has 0 spiro atoms. The average molecular weight is 993 g/mol. The predicted octanol–water partition coefficient (Wildman–Crippen LogP) is 9.03. The first-order valence-electron chi connectivity index (χ1n) is 26.7. The van der Waals surface area contributed by atoms with Crippen LogP contribution in [0.1, 0.15) is 157 Å². The summed E-state index contributed by atoms with van der Waals surface area (Å²) in [4.78, 5) is 56.1. The molecule has 17 heteroatoms. The lowest BCUT2D eigenvalue weighted by molar-refractivity contribution is -0.393. The van der Waals surface area contributed by atoms with E-state index in [1.165, 1.54) is 12.1 Å². The van der Waals surface area contributed by atoms with Crippen molar-refractivity contribution in [2.45, 2.75) is 181 Å². The molecular formula is C54H80N4O13. The second-order valence-corrected chi connectivity index (χ2v) is 25.1. The number of carboxylic acids is 2. The lowest BCUT2D eigenvalue weighted by Gasteiger charge is -2.52. The third-order valence-electron chi connectivity index (χ3n) is 22.4. The number of hydrazone groups is 1. The van der Waals surface area contributed by atoms with Crippen molar-refractivity contribution in [2.24, 2.45) is 97.8 Å². The van der Waals surface area contributed by atoms with E-state index in [-0.39, 0.29) is 70.8 Å². The van der Waals surface area contributed by atoms with Crippen LogP contribution in [0.4, 0.5) is 17.1 Å². The molecule has 0 amide bonds. The molecule has 8 fully saturated rings. The summed E-state index contributed by atoms with van der Waals surface area (Å²) >= 11 is 0. The van der Waals surface area contributed by atoms with Crippen molar-refractivity contribution in [3.05, 3.63) is 38.4 Å². The number of aliphatic hydroxyl groups excluding tert-OH is 2. The third kappa shape index (κ3) is 8.61. The summed E-state index contributed by atoms with van der Waals surface area (Å²) < 4.78 is 0. The highest BCUT2D eigenvalue weighted by Gasteiger charge is 2.74. The van der Waals surface area contributed by atoms with Crippen LogP contribution in [0, 0.1) is 113 Å². The highest BCUT2D eigenvalue weighted by atomic mass is 16.6. The predicted molar refractivity (Wildman–Crippen MR) is 264 cm³/mol. The Morgan fingerprint density at radius 2 is 1.17 bits per heavy atom. The first kappa shape index (κ1) is 53.2. The number of carbonyl (C=O) groups is 3. The van der Waals surface area contributed by atoms with Crippen LogP contribution in [0.2, 0.25) is 0 Å². The molecule has 7 N–H and O–H groups in total. The molecule has 71 heavy (non-hydrogen) atoms. The summed E-state index contributed by atoms with van der Waals surface area (Å²) in [6, 6.07) is 3.32. The number of fused-ring (bicyclic) bond motifs is 10. The Morgan fingerprint density at radius 3 is 1.61 bits per heavy atom. The standard InChI is InChI=1S/C30H42N4O8.C24H38O5/c1-17(4-9-26(36)37)20-6-7-21-27-22(11-12-28(20,21)2)29(3)13-10-19(35)15-30(29,38)23(27)16-31-32-24-8-5-18(33(39)40)14-25(24)34(41)42;1-14(4-7-20(27)28)16-5-6-17-21-18(9-10-22(16,17)2)23(3)11-8-15(26)12-24(23,29)19(21)13-25/h5,8,14,16-17,19-23,27,32,35,38H,4,6-7,9-13,15H2,1-3H3,(H,36,37);13-19,21,26,29H,4-12H2,1-3H3,(H,27,28)/b31-16+;/t17-,19+,20-,21?,22?,23-,27?,28-,29-,30-;14-,15+,16-,17?,18?,19-,21?,22-,23-,24-/m11/s1. The maximum atomic E-state index is 12.5. The normalized spacial score (nSPS) is 44.9. The number of aldehydes is 1. The Bertz CT molecular complexity index is 2260. The Hall–Kier alpha value is -4.06. The van der Waals surface area contributed by atoms with Crippen molar-refractivity contribution in [1.29, 1.82) is 0 Å². The lowest BCUT2D eigenvalue weighted by atomic mass is 9.53. The van der Waals surface area contributed by atoms with Gasteiger partial charge < -0.3 is 35.4 Å². The van der Waals surface area contributed by atoms with E-state index in [1.54, 1.807) is 6.21 Å². The van der Waals surface area contributed by atoms with E-state index in [4.69, 9.17) is 5.11 Å². The molecule has 0 bridgehead atoms. The summed E-state index contributed by atoms with van der Waals surface area (Å²) in [6.07, 6.45) is 14.8. The molecule has 1 aromatic rings. The quantitative estimate of drug-likeness (QED) is 0.0396. The van der Waals surface area contributed by atoms with Gasteiger partial charge in [0.2, 0.25) is 0 Å². The van der Waals surface area contributed by atoms with Crippen LogP contribution in [0.5, 0.6) is 0 Å². The molecule has 8 aliphatic rings. The van der Waals surface area contributed by atoms with E-state index in [2.05, 4.69) is 52.1 Å². The van der Waals surface area contributed by atoms with E-state index in [9.17, 15) is 60.1 Å². The molecule has 1 aromatic carbocycles. The molecule has 17 nitrogen and oxygen atoms in total. The van der Waals surface area contributed by atoms with Crippen LogP contribution in [0.3, 0.4) is 0 Å². The van der Waals surface area contributed by atoms with Gasteiger partial charge in [-0.05, 0) is 166 Å². The number of benzene rings is 1. The number of carbonyl (C=O) groups excluding carboxylic acids is 1. The zero-order valence-corrected chi connectivity index (χ0v) is 42.6. The minimum Gasteiger partial charge on any atom is -0.481 e. The molecule has 394 valence electrons. The van der Waals surface area contributed by atoms with Crippen LogP contribution in [0.25, 0.3) is 0 Å². The number of aliphatic hydroxyl groups is 4. The van der Waals surface area contributed by atoms with Crippen molar-refractivity contribution in [2.75, 3.05) is 5.43 Å². The number of nitro groups is 2. The van der Waals surface area contributed by atoms with E-state index in [0.717, 1.165) is 70.1 Å². The fourth-order valence-corrected chi connectivity index (χ4v) is 18.9. The molecule has 20 atom stereocenters. The number of nitrogens with one attached hydrogen (secondary N) is 1. The maximum Gasteiger partial charge on any atom is 0.303 e. The smallest absolute Gasteiger partial charge is 0.303 e. The van der Waals surface area contributed by atoms with Gasteiger partial charge in [-0.3, -0.25) is 35.2 Å². The van der Waals surface area contributed by atoms with E-state index >= 15 is 0 Å². The van der Waals surface area contributed by atoms with Gasteiger partial charge in [-0.2, -0.15) is 5.10 Å². The van der Waals surface area contributed by atoms with Crippen LogP contribution in [0.15, 0.2) is 23.3 Å². The average Bonchev–Trinajstić information content (AvgIpc) is 3.96. The second kappa shape index (κ2) is 19.3. The fraction of sp³-hybridized carbons (Fsp3) is 0.815. The van der Waals surface area contributed by atoms with Gasteiger partial charge >= 0.3 is 17.6 Å². The Morgan fingerprint density at radius 1 is 0.704 bits per heavy atom. The van der Waals surface area contributed by atoms with Crippen LogP contribution < -0.4 is 5.43 Å². The third-order valence-corrected chi connectivity index (χ3v) is 22.4. The number of nitrogens with zero attached hydrogens (tertiary/aromatic N) is 3. The number of hydrogen-bond acceptors (Lipinski definition) is 13. The van der Waals surface area contributed by atoms with E-state index in [0.29, 0.717) is 68.1 Å². The van der Waals surface area contributed by atoms with Crippen molar-refractivity contribution in [1.82, 2.24) is 0 Å². The second-order valence-electron chi connectivity index (χ2n) is 25.1.